The number of anilines is 1. The maximum absolute atomic E-state index is 11.4. The first kappa shape index (κ1) is 21.0. The number of ether oxygens (including phenoxy) is 2. The van der Waals surface area contributed by atoms with E-state index < -0.39 is 6.10 Å². The molecule has 7 heteroatoms. The van der Waals surface area contributed by atoms with Gasteiger partial charge in [0, 0.05) is 31.1 Å². The summed E-state index contributed by atoms with van der Waals surface area (Å²) < 4.78 is 12.2. The van der Waals surface area contributed by atoms with Crippen molar-refractivity contribution < 1.29 is 19.4 Å². The van der Waals surface area contributed by atoms with Crippen molar-refractivity contribution in [3.63, 3.8) is 0 Å². The Morgan fingerprint density at radius 1 is 1.10 bits per heavy atom. The predicted octanol–water partition coefficient (Wildman–Crippen LogP) is 3.72. The molecule has 1 heterocycles. The lowest BCUT2D eigenvalue weighted by Gasteiger charge is -2.28. The predicted molar refractivity (Wildman–Crippen MR) is 116 cm³/mol. The molecule has 2 aromatic rings. The molecule has 1 aliphatic carbocycles. The van der Waals surface area contributed by atoms with Crippen molar-refractivity contribution in [2.45, 2.75) is 50.5 Å². The molecule has 30 heavy (non-hydrogen) atoms. The molecule has 160 valence electrons. The third-order valence-corrected chi connectivity index (χ3v) is 6.01. The number of aliphatic hydroxyl groups excluding tert-OH is 1. The number of hydrogen-bond donors (Lipinski definition) is 2. The maximum atomic E-state index is 11.4. The maximum Gasteiger partial charge on any atom is 0.221 e. The first-order valence-corrected chi connectivity index (χ1v) is 10.7. The number of nitrogens with one attached hydrogen (secondary N) is 1. The van der Waals surface area contributed by atoms with Crippen LogP contribution < -0.4 is 14.8 Å². The lowest BCUT2D eigenvalue weighted by molar-refractivity contribution is -0.114. The van der Waals surface area contributed by atoms with Crippen LogP contribution in [0.4, 0.5) is 5.69 Å². The second-order valence-electron chi connectivity index (χ2n) is 7.95. The second-order valence-corrected chi connectivity index (χ2v) is 8.38. The first-order chi connectivity index (χ1) is 14.5. The molecule has 2 aliphatic rings. The van der Waals surface area contributed by atoms with Gasteiger partial charge in [-0.2, -0.15) is 0 Å². The van der Waals surface area contributed by atoms with Gasteiger partial charge in [0.25, 0.3) is 0 Å². The molecule has 2 aromatic carbocycles. The molecule has 1 saturated carbocycles. The van der Waals surface area contributed by atoms with Crippen LogP contribution in [-0.2, 0) is 4.79 Å². The van der Waals surface area contributed by atoms with Crippen LogP contribution in [0, 0.1) is 0 Å². The molecule has 0 spiro atoms. The Kier molecular flexibility index (Phi) is 6.46. The van der Waals surface area contributed by atoms with Crippen LogP contribution in [0.3, 0.4) is 0 Å². The highest BCUT2D eigenvalue weighted by Gasteiger charge is 2.42. The zero-order valence-corrected chi connectivity index (χ0v) is 17.7. The van der Waals surface area contributed by atoms with E-state index in [2.05, 4.69) is 10.2 Å². The van der Waals surface area contributed by atoms with Gasteiger partial charge in [0.2, 0.25) is 5.91 Å². The summed E-state index contributed by atoms with van der Waals surface area (Å²) in [5.74, 6) is 1.25. The molecule has 4 rings (SSSR count). The Morgan fingerprint density at radius 2 is 1.87 bits per heavy atom. The van der Waals surface area contributed by atoms with Gasteiger partial charge in [0.05, 0.1) is 5.69 Å². The molecule has 4 atom stereocenters. The molecule has 2 N–H and O–H groups in total. The van der Waals surface area contributed by atoms with Crippen LogP contribution in [0.5, 0.6) is 11.5 Å². The minimum atomic E-state index is -0.593. The smallest absolute Gasteiger partial charge is 0.221 e. The number of para-hydroxylation sites is 2. The largest absolute Gasteiger partial charge is 0.489 e. The topological polar surface area (TPSA) is 71.0 Å². The summed E-state index contributed by atoms with van der Waals surface area (Å²) in [6.45, 7) is 3.13. The number of aliphatic hydroxyl groups is 1. The monoisotopic (exact) mass is 430 g/mol. The SMILES string of the molecule is CC(=O)Nc1ccccc1O[C@H]1CCC(N2CCC(Oc3ccc(Cl)cc3)C2)C1O. The minimum Gasteiger partial charge on any atom is -0.489 e. The number of benzene rings is 2. The number of likely N-dealkylation sites (tertiary alicyclic amines) is 1. The molecule has 3 unspecified atom stereocenters. The zero-order valence-electron chi connectivity index (χ0n) is 17.0. The number of halogens is 1. The van der Waals surface area contributed by atoms with E-state index in [0.717, 1.165) is 38.1 Å². The average molecular weight is 431 g/mol. The van der Waals surface area contributed by atoms with Crippen LogP contribution in [0.25, 0.3) is 0 Å². The van der Waals surface area contributed by atoms with Gasteiger partial charge in [-0.3, -0.25) is 9.69 Å². The number of carbonyl (C=O) groups excluding carboxylic acids is 1. The molecule has 1 amide bonds. The van der Waals surface area contributed by atoms with Gasteiger partial charge in [-0.25, -0.2) is 0 Å². The van der Waals surface area contributed by atoms with E-state index in [1.807, 2.05) is 42.5 Å². The van der Waals surface area contributed by atoms with E-state index >= 15 is 0 Å². The van der Waals surface area contributed by atoms with Crippen molar-refractivity contribution in [2.24, 2.45) is 0 Å². The summed E-state index contributed by atoms with van der Waals surface area (Å²) in [4.78, 5) is 13.7. The van der Waals surface area contributed by atoms with Gasteiger partial charge in [0.1, 0.15) is 29.8 Å². The number of carbonyl (C=O) groups is 1. The Bertz CT molecular complexity index is 876. The van der Waals surface area contributed by atoms with E-state index in [9.17, 15) is 9.90 Å². The summed E-state index contributed by atoms with van der Waals surface area (Å²) in [6, 6.07) is 14.8. The molecule has 0 aromatic heterocycles. The van der Waals surface area contributed by atoms with Crippen LogP contribution in [0.1, 0.15) is 26.2 Å². The lowest BCUT2D eigenvalue weighted by atomic mass is 10.1. The van der Waals surface area contributed by atoms with Crippen molar-refractivity contribution in [3.8, 4) is 11.5 Å². The Hall–Kier alpha value is -2.28. The quantitative estimate of drug-likeness (QED) is 0.730. The molecular weight excluding hydrogens is 404 g/mol. The van der Waals surface area contributed by atoms with Gasteiger partial charge in [-0.05, 0) is 55.7 Å². The standard InChI is InChI=1S/C23H27ClN2O4/c1-15(27)25-19-4-2-3-5-21(19)30-22-11-10-20(23(22)28)26-13-12-18(14-26)29-17-8-6-16(24)7-9-17/h2-9,18,20,22-23,28H,10-14H2,1H3,(H,25,27)/t18?,20?,22-,23?/m0/s1. The fraction of sp³-hybridized carbons (Fsp3) is 0.435. The third-order valence-electron chi connectivity index (χ3n) is 5.76. The van der Waals surface area contributed by atoms with E-state index in [1.54, 1.807) is 6.07 Å². The number of amides is 1. The third kappa shape index (κ3) is 4.89. The summed E-state index contributed by atoms with van der Waals surface area (Å²) in [5.41, 5.74) is 0.623. The normalized spacial score (nSPS) is 26.5. The molecule has 1 aliphatic heterocycles. The zero-order chi connectivity index (χ0) is 21.1. The molecule has 0 bridgehead atoms. The van der Waals surface area contributed by atoms with Gasteiger partial charge < -0.3 is 19.9 Å². The van der Waals surface area contributed by atoms with Crippen molar-refractivity contribution in [2.75, 3.05) is 18.4 Å². The van der Waals surface area contributed by atoms with Gasteiger partial charge in [-0.15, -0.1) is 0 Å². The van der Waals surface area contributed by atoms with Crippen molar-refractivity contribution in [3.05, 3.63) is 53.6 Å². The summed E-state index contributed by atoms with van der Waals surface area (Å²) >= 11 is 5.94. The van der Waals surface area contributed by atoms with E-state index in [0.29, 0.717) is 16.5 Å². The number of rotatable bonds is 6. The summed E-state index contributed by atoms with van der Waals surface area (Å²) in [6.07, 6.45) is 1.74. The molecule has 6 nitrogen and oxygen atoms in total. The molecule has 1 saturated heterocycles. The minimum absolute atomic E-state index is 0.0433. The first-order valence-electron chi connectivity index (χ1n) is 10.4. The van der Waals surface area contributed by atoms with Gasteiger partial charge in [-0.1, -0.05) is 23.7 Å². The van der Waals surface area contributed by atoms with E-state index in [4.69, 9.17) is 21.1 Å². The molecule has 2 fully saturated rings. The van der Waals surface area contributed by atoms with E-state index in [1.165, 1.54) is 6.92 Å². The number of hydrogen-bond acceptors (Lipinski definition) is 5. The fourth-order valence-corrected chi connectivity index (χ4v) is 4.46. The van der Waals surface area contributed by atoms with Crippen LogP contribution in [0.15, 0.2) is 48.5 Å². The second kappa shape index (κ2) is 9.25. The highest BCUT2D eigenvalue weighted by Crippen LogP contribution is 2.34. The molecular formula is C23H27ClN2O4. The number of nitrogens with zero attached hydrogens (tertiary/aromatic N) is 1. The van der Waals surface area contributed by atoms with Crippen molar-refractivity contribution in [1.82, 2.24) is 4.90 Å². The van der Waals surface area contributed by atoms with Crippen molar-refractivity contribution >= 4 is 23.2 Å². The highest BCUT2D eigenvalue weighted by molar-refractivity contribution is 6.30. The lowest BCUT2D eigenvalue weighted by Crippen LogP contribution is -2.44. The Labute approximate surface area is 181 Å². The highest BCUT2D eigenvalue weighted by atomic mass is 35.5. The summed E-state index contributed by atoms with van der Waals surface area (Å²) in [7, 11) is 0. The Morgan fingerprint density at radius 3 is 2.63 bits per heavy atom. The fourth-order valence-electron chi connectivity index (χ4n) is 4.33. The van der Waals surface area contributed by atoms with Crippen LogP contribution in [-0.4, -0.2) is 53.4 Å². The molecule has 0 radical (unpaired) electrons. The van der Waals surface area contributed by atoms with Crippen LogP contribution in [0.2, 0.25) is 5.02 Å². The average Bonchev–Trinajstić information content (AvgIpc) is 3.32. The van der Waals surface area contributed by atoms with Crippen LogP contribution >= 0.6 is 11.6 Å². The Balaban J connectivity index is 1.34. The van der Waals surface area contributed by atoms with Gasteiger partial charge in [0.15, 0.2) is 0 Å². The van der Waals surface area contributed by atoms with E-state index in [-0.39, 0.29) is 24.2 Å². The van der Waals surface area contributed by atoms with Crippen molar-refractivity contribution in [1.29, 1.82) is 0 Å². The summed E-state index contributed by atoms with van der Waals surface area (Å²) in [5, 5.41) is 14.4. The van der Waals surface area contributed by atoms with Gasteiger partial charge >= 0.3 is 0 Å².